The Labute approximate surface area is 66.3 Å². The van der Waals surface area contributed by atoms with E-state index in [-0.39, 0.29) is 0 Å². The van der Waals surface area contributed by atoms with Crippen LogP contribution in [0.5, 0.6) is 0 Å². The molecule has 1 aromatic carbocycles. The van der Waals surface area contributed by atoms with Crippen LogP contribution in [0.3, 0.4) is 0 Å². The van der Waals surface area contributed by atoms with Gasteiger partial charge in [-0.15, -0.1) is 0 Å². The first kappa shape index (κ1) is 7.62. The number of nitrogen functional groups attached to an aromatic ring is 1. The lowest BCUT2D eigenvalue weighted by atomic mass is 10.1. The fraction of sp³-hybridized carbons (Fsp3) is 0.222. The van der Waals surface area contributed by atoms with Gasteiger partial charge in [-0.1, -0.05) is 6.07 Å². The van der Waals surface area contributed by atoms with Crippen molar-refractivity contribution in [1.29, 1.82) is 5.26 Å². The molecule has 1 rings (SSSR count). The van der Waals surface area contributed by atoms with Gasteiger partial charge in [0.25, 0.3) is 0 Å². The van der Waals surface area contributed by atoms with Crippen LogP contribution in [-0.4, -0.2) is 0 Å². The van der Waals surface area contributed by atoms with Gasteiger partial charge in [0.05, 0.1) is 11.6 Å². The second-order valence-corrected chi connectivity index (χ2v) is 2.64. The Morgan fingerprint density at radius 1 is 1.27 bits per heavy atom. The van der Waals surface area contributed by atoms with Crippen molar-refractivity contribution in [2.75, 3.05) is 5.73 Å². The third kappa shape index (κ3) is 1.32. The first-order valence-corrected chi connectivity index (χ1v) is 3.42. The van der Waals surface area contributed by atoms with Crippen LogP contribution in [0.2, 0.25) is 0 Å². The number of nitrogens with two attached hydrogens (primary N) is 1. The van der Waals surface area contributed by atoms with E-state index < -0.39 is 0 Å². The van der Waals surface area contributed by atoms with Crippen LogP contribution < -0.4 is 5.73 Å². The fourth-order valence-electron chi connectivity index (χ4n) is 0.989. The second-order valence-electron chi connectivity index (χ2n) is 2.64. The summed E-state index contributed by atoms with van der Waals surface area (Å²) in [6, 6.07) is 5.72. The van der Waals surface area contributed by atoms with Crippen molar-refractivity contribution in [2.24, 2.45) is 0 Å². The highest BCUT2D eigenvalue weighted by Crippen LogP contribution is 2.16. The first-order valence-electron chi connectivity index (χ1n) is 3.42. The Balaban J connectivity index is 3.35. The predicted molar refractivity (Wildman–Crippen MR) is 45.0 cm³/mol. The van der Waals surface area contributed by atoms with Gasteiger partial charge in [-0.25, -0.2) is 0 Å². The van der Waals surface area contributed by atoms with E-state index >= 15 is 0 Å². The molecule has 0 radical (unpaired) electrons. The molecular formula is C9H10N2. The lowest BCUT2D eigenvalue weighted by Crippen LogP contribution is -1.92. The van der Waals surface area contributed by atoms with Gasteiger partial charge in [0, 0.05) is 5.69 Å². The topological polar surface area (TPSA) is 49.8 Å². The first-order chi connectivity index (χ1) is 5.15. The molecule has 0 aliphatic rings. The number of hydrogen-bond acceptors (Lipinski definition) is 2. The van der Waals surface area contributed by atoms with Crippen molar-refractivity contribution in [3.8, 4) is 6.07 Å². The minimum Gasteiger partial charge on any atom is -0.398 e. The molecule has 0 heterocycles. The molecule has 0 atom stereocenters. The molecule has 0 unspecified atom stereocenters. The summed E-state index contributed by atoms with van der Waals surface area (Å²) >= 11 is 0. The lowest BCUT2D eigenvalue weighted by Gasteiger charge is -2.02. The van der Waals surface area contributed by atoms with Gasteiger partial charge in [0.15, 0.2) is 0 Å². The van der Waals surface area contributed by atoms with Gasteiger partial charge >= 0.3 is 0 Å². The van der Waals surface area contributed by atoms with Gasteiger partial charge < -0.3 is 5.73 Å². The molecule has 1 aromatic rings. The van der Waals surface area contributed by atoms with Crippen molar-refractivity contribution in [1.82, 2.24) is 0 Å². The molecule has 0 amide bonds. The van der Waals surface area contributed by atoms with Crippen LogP contribution in [0.4, 0.5) is 5.69 Å². The molecule has 56 valence electrons. The molecule has 0 spiro atoms. The summed E-state index contributed by atoms with van der Waals surface area (Å²) in [6.45, 7) is 3.84. The smallest absolute Gasteiger partial charge is 0.0995 e. The van der Waals surface area contributed by atoms with Crippen LogP contribution >= 0.6 is 0 Å². The molecule has 2 heteroatoms. The van der Waals surface area contributed by atoms with Crippen molar-refractivity contribution < 1.29 is 0 Å². The maximum Gasteiger partial charge on any atom is 0.0995 e. The summed E-state index contributed by atoms with van der Waals surface area (Å²) in [5.74, 6) is 0. The highest BCUT2D eigenvalue weighted by atomic mass is 14.6. The minimum atomic E-state index is 0.660. The molecular weight excluding hydrogens is 136 g/mol. The third-order valence-corrected chi connectivity index (χ3v) is 1.73. The summed E-state index contributed by atoms with van der Waals surface area (Å²) in [7, 11) is 0. The zero-order valence-corrected chi connectivity index (χ0v) is 6.68. The Bertz CT molecular complexity index is 321. The summed E-state index contributed by atoms with van der Waals surface area (Å²) in [5, 5.41) is 8.63. The number of benzene rings is 1. The fourth-order valence-corrected chi connectivity index (χ4v) is 0.989. The summed E-state index contributed by atoms with van der Waals surface area (Å²) in [6.07, 6.45) is 0. The molecule has 11 heavy (non-hydrogen) atoms. The highest BCUT2D eigenvalue weighted by Gasteiger charge is 1.99. The minimum absolute atomic E-state index is 0.660. The summed E-state index contributed by atoms with van der Waals surface area (Å²) in [5.41, 5.74) is 8.98. The monoisotopic (exact) mass is 146 g/mol. The molecule has 2 nitrogen and oxygen atoms in total. The molecule has 0 aliphatic carbocycles. The van der Waals surface area contributed by atoms with E-state index in [9.17, 15) is 0 Å². The molecule has 0 saturated carbocycles. The Morgan fingerprint density at radius 3 is 2.45 bits per heavy atom. The lowest BCUT2D eigenvalue weighted by molar-refractivity contribution is 1.35. The van der Waals surface area contributed by atoms with Gasteiger partial charge in [0.1, 0.15) is 0 Å². The molecule has 0 aliphatic heterocycles. The average Bonchev–Trinajstić information content (AvgIpc) is 1.97. The number of aryl methyl sites for hydroxylation is 2. The third-order valence-electron chi connectivity index (χ3n) is 1.73. The number of anilines is 1. The Morgan fingerprint density at radius 2 is 1.91 bits per heavy atom. The van der Waals surface area contributed by atoms with E-state index in [4.69, 9.17) is 11.0 Å². The van der Waals surface area contributed by atoms with Crippen LogP contribution in [0.25, 0.3) is 0 Å². The van der Waals surface area contributed by atoms with Crippen molar-refractivity contribution >= 4 is 5.69 Å². The van der Waals surface area contributed by atoms with E-state index in [1.165, 1.54) is 0 Å². The van der Waals surface area contributed by atoms with Gasteiger partial charge in [0.2, 0.25) is 0 Å². The average molecular weight is 146 g/mol. The SMILES string of the molecule is Cc1cc(C)c(C#N)cc1N. The van der Waals surface area contributed by atoms with Crippen LogP contribution in [0.1, 0.15) is 16.7 Å². The van der Waals surface area contributed by atoms with Crippen LogP contribution in [0, 0.1) is 25.2 Å². The molecule has 0 saturated heterocycles. The van der Waals surface area contributed by atoms with Gasteiger partial charge in [-0.2, -0.15) is 5.26 Å². The van der Waals surface area contributed by atoms with Gasteiger partial charge in [-0.05, 0) is 31.0 Å². The summed E-state index contributed by atoms with van der Waals surface area (Å²) in [4.78, 5) is 0. The Kier molecular flexibility index (Phi) is 1.82. The van der Waals surface area contributed by atoms with Crippen LogP contribution in [-0.2, 0) is 0 Å². The van der Waals surface area contributed by atoms with Crippen molar-refractivity contribution in [3.05, 3.63) is 28.8 Å². The number of nitrogens with zero attached hydrogens (tertiary/aromatic N) is 1. The molecule has 0 aromatic heterocycles. The quantitative estimate of drug-likeness (QED) is 0.567. The second kappa shape index (κ2) is 2.63. The normalized spacial score (nSPS) is 9.18. The van der Waals surface area contributed by atoms with E-state index in [0.717, 1.165) is 11.1 Å². The van der Waals surface area contributed by atoms with Crippen molar-refractivity contribution in [2.45, 2.75) is 13.8 Å². The van der Waals surface area contributed by atoms with E-state index in [1.807, 2.05) is 19.9 Å². The number of nitriles is 1. The van der Waals surface area contributed by atoms with E-state index in [0.29, 0.717) is 11.3 Å². The molecule has 2 N–H and O–H groups in total. The van der Waals surface area contributed by atoms with Crippen LogP contribution in [0.15, 0.2) is 12.1 Å². The van der Waals surface area contributed by atoms with E-state index in [1.54, 1.807) is 6.07 Å². The maximum atomic E-state index is 8.63. The zero-order chi connectivity index (χ0) is 8.43. The largest absolute Gasteiger partial charge is 0.398 e. The standard InChI is InChI=1S/C9H10N2/c1-6-3-7(2)9(11)4-8(6)5-10/h3-4H,11H2,1-2H3. The predicted octanol–water partition coefficient (Wildman–Crippen LogP) is 1.76. The number of hydrogen-bond donors (Lipinski definition) is 1. The Hall–Kier alpha value is -1.49. The molecule has 0 bridgehead atoms. The van der Waals surface area contributed by atoms with Crippen molar-refractivity contribution in [3.63, 3.8) is 0 Å². The number of rotatable bonds is 0. The molecule has 0 fully saturated rings. The van der Waals surface area contributed by atoms with E-state index in [2.05, 4.69) is 6.07 Å². The maximum absolute atomic E-state index is 8.63. The highest BCUT2D eigenvalue weighted by molar-refractivity contribution is 5.54. The van der Waals surface area contributed by atoms with Gasteiger partial charge in [-0.3, -0.25) is 0 Å². The summed E-state index contributed by atoms with van der Waals surface area (Å²) < 4.78 is 0. The zero-order valence-electron chi connectivity index (χ0n) is 6.68.